The normalized spacial score (nSPS) is 13.0. The molecule has 0 amide bonds. The van der Waals surface area contributed by atoms with E-state index in [-0.39, 0.29) is 19.3 Å². The Balaban J connectivity index is 0.000000728. The number of hydrogen-bond donors (Lipinski definition) is 0. The highest BCUT2D eigenvalue weighted by Crippen LogP contribution is 2.23. The van der Waals surface area contributed by atoms with Crippen molar-refractivity contribution in [3.63, 3.8) is 0 Å². The van der Waals surface area contributed by atoms with E-state index < -0.39 is 28.2 Å². The zero-order valence-corrected chi connectivity index (χ0v) is 14.1. The molecule has 0 fully saturated rings. The first-order valence-corrected chi connectivity index (χ1v) is 9.16. The molecule has 9 heteroatoms. The molecule has 1 aromatic rings. The van der Waals surface area contributed by atoms with Gasteiger partial charge in [0.05, 0.1) is 0 Å². The van der Waals surface area contributed by atoms with Gasteiger partial charge < -0.3 is 4.55 Å². The number of pyridine rings is 1. The van der Waals surface area contributed by atoms with Crippen LogP contribution in [0.25, 0.3) is 0 Å². The van der Waals surface area contributed by atoms with E-state index in [0.717, 1.165) is 0 Å². The molecule has 140 valence electrons. The van der Waals surface area contributed by atoms with Crippen molar-refractivity contribution in [1.29, 1.82) is 0 Å². The number of unbranched alkanes of at least 4 members (excludes halogenated alkanes) is 5. The van der Waals surface area contributed by atoms with Crippen LogP contribution in [0.5, 0.6) is 0 Å². The third-order valence-electron chi connectivity index (χ3n) is 3.06. The van der Waals surface area contributed by atoms with Crippen LogP contribution < -0.4 is 4.98 Å². The molecule has 0 aliphatic rings. The summed E-state index contributed by atoms with van der Waals surface area (Å²) in [4.78, 5) is 2.89. The molecule has 0 radical (unpaired) electrons. The summed E-state index contributed by atoms with van der Waals surface area (Å²) in [5.74, 6) is 0. The van der Waals surface area contributed by atoms with E-state index in [1.807, 2.05) is 30.6 Å². The van der Waals surface area contributed by atoms with Gasteiger partial charge in [-0.25, -0.2) is 17.8 Å². The van der Waals surface area contributed by atoms with E-state index in [2.05, 4.69) is 4.98 Å². The lowest BCUT2D eigenvalue weighted by Crippen LogP contribution is -2.14. The maximum Gasteiger partial charge on any atom is 0.389 e. The quantitative estimate of drug-likeness (QED) is 0.373. The van der Waals surface area contributed by atoms with Crippen LogP contribution >= 0.6 is 0 Å². The van der Waals surface area contributed by atoms with Gasteiger partial charge >= 0.3 is 6.18 Å². The molecule has 0 saturated heterocycles. The molecule has 1 rings (SSSR count). The first-order chi connectivity index (χ1) is 11.1. The van der Waals surface area contributed by atoms with Crippen LogP contribution in [0.2, 0.25) is 0 Å². The minimum Gasteiger partial charge on any atom is -0.746 e. The molecular formula is C15H23F4NO3S. The van der Waals surface area contributed by atoms with Crippen molar-refractivity contribution in [2.45, 2.75) is 63.0 Å². The summed E-state index contributed by atoms with van der Waals surface area (Å²) in [5, 5.41) is 0. The van der Waals surface area contributed by atoms with Crippen LogP contribution in [0.4, 0.5) is 17.6 Å². The van der Waals surface area contributed by atoms with Gasteiger partial charge in [0, 0.05) is 18.6 Å². The Morgan fingerprint density at radius 3 is 1.79 bits per heavy atom. The number of aromatic nitrogens is 1. The zero-order valence-electron chi connectivity index (χ0n) is 13.3. The van der Waals surface area contributed by atoms with Crippen molar-refractivity contribution in [1.82, 2.24) is 0 Å². The van der Waals surface area contributed by atoms with Crippen molar-refractivity contribution < 1.29 is 35.5 Å². The van der Waals surface area contributed by atoms with E-state index in [1.165, 1.54) is 0 Å². The molecule has 0 spiro atoms. The molecule has 24 heavy (non-hydrogen) atoms. The van der Waals surface area contributed by atoms with Gasteiger partial charge in [-0.05, 0) is 19.3 Å². The highest BCUT2D eigenvalue weighted by atomic mass is 32.2. The Morgan fingerprint density at radius 2 is 1.42 bits per heavy atom. The van der Waals surface area contributed by atoms with Gasteiger partial charge in [-0.3, -0.25) is 0 Å². The summed E-state index contributed by atoms with van der Waals surface area (Å²) in [6.45, 7) is 0. The molecule has 0 bridgehead atoms. The number of aromatic amines is 1. The highest BCUT2D eigenvalue weighted by molar-refractivity contribution is 7.86. The van der Waals surface area contributed by atoms with Crippen LogP contribution in [0.15, 0.2) is 30.6 Å². The first-order valence-electron chi connectivity index (χ1n) is 7.69. The van der Waals surface area contributed by atoms with Crippen LogP contribution in [-0.4, -0.2) is 24.7 Å². The van der Waals surface area contributed by atoms with Crippen molar-refractivity contribution in [2.24, 2.45) is 0 Å². The van der Waals surface area contributed by atoms with Crippen LogP contribution in [0, 0.1) is 0 Å². The minimum atomic E-state index is -4.86. The van der Waals surface area contributed by atoms with Crippen molar-refractivity contribution in [3.05, 3.63) is 30.6 Å². The summed E-state index contributed by atoms with van der Waals surface area (Å²) in [5.41, 5.74) is -2.37. The second kappa shape index (κ2) is 12.2. The number of alkyl halides is 4. The van der Waals surface area contributed by atoms with Gasteiger partial charge in [0.2, 0.25) is 0 Å². The van der Waals surface area contributed by atoms with E-state index in [1.54, 1.807) is 0 Å². The van der Waals surface area contributed by atoms with Gasteiger partial charge in [-0.15, -0.1) is 0 Å². The first kappa shape index (κ1) is 22.8. The molecule has 0 aromatic carbocycles. The lowest BCUT2D eigenvalue weighted by atomic mass is 10.1. The van der Waals surface area contributed by atoms with Crippen molar-refractivity contribution >= 4 is 10.1 Å². The molecule has 0 aliphatic heterocycles. The summed E-state index contributed by atoms with van der Waals surface area (Å²) >= 11 is 0. The molecule has 1 heterocycles. The predicted octanol–water partition coefficient (Wildman–Crippen LogP) is 4.01. The molecule has 0 aliphatic carbocycles. The number of nitrogens with one attached hydrogen (secondary N) is 1. The number of rotatable bonds is 9. The molecule has 1 atom stereocenters. The largest absolute Gasteiger partial charge is 0.746 e. The summed E-state index contributed by atoms with van der Waals surface area (Å²) < 4.78 is 78.5. The number of hydrogen-bond acceptors (Lipinski definition) is 3. The van der Waals surface area contributed by atoms with E-state index in [4.69, 9.17) is 0 Å². The number of halogens is 4. The van der Waals surface area contributed by atoms with Gasteiger partial charge in [-0.2, -0.15) is 13.2 Å². The van der Waals surface area contributed by atoms with Gasteiger partial charge in [0.15, 0.2) is 17.9 Å². The predicted molar refractivity (Wildman–Crippen MR) is 80.6 cm³/mol. The third-order valence-corrected chi connectivity index (χ3v) is 3.92. The molecule has 0 saturated carbocycles. The lowest BCUT2D eigenvalue weighted by molar-refractivity contribution is -0.377. The molecular weight excluding hydrogens is 350 g/mol. The average Bonchev–Trinajstić information content (AvgIpc) is 2.50. The highest BCUT2D eigenvalue weighted by Gasteiger charge is 2.25. The average molecular weight is 373 g/mol. The van der Waals surface area contributed by atoms with E-state index in [9.17, 15) is 30.5 Å². The van der Waals surface area contributed by atoms with Gasteiger partial charge in [-0.1, -0.05) is 31.7 Å². The molecule has 4 nitrogen and oxygen atoms in total. The lowest BCUT2D eigenvalue weighted by Gasteiger charge is -2.11. The van der Waals surface area contributed by atoms with Gasteiger partial charge in [0.25, 0.3) is 0 Å². The van der Waals surface area contributed by atoms with Crippen LogP contribution in [0.3, 0.4) is 0 Å². The van der Waals surface area contributed by atoms with Crippen LogP contribution in [-0.2, 0) is 10.1 Å². The van der Waals surface area contributed by atoms with E-state index in [0.29, 0.717) is 25.7 Å². The molecule has 1 aromatic heterocycles. The van der Waals surface area contributed by atoms with E-state index >= 15 is 0 Å². The van der Waals surface area contributed by atoms with Crippen molar-refractivity contribution in [3.8, 4) is 0 Å². The summed E-state index contributed by atoms with van der Waals surface area (Å²) in [6.07, 6.45) is 0.986. The van der Waals surface area contributed by atoms with Crippen molar-refractivity contribution in [2.75, 3.05) is 0 Å². The summed E-state index contributed by atoms with van der Waals surface area (Å²) in [7, 11) is -4.86. The monoisotopic (exact) mass is 373 g/mol. The Bertz CT molecular complexity index is 482. The minimum absolute atomic E-state index is 0.0736. The standard InChI is InChI=1S/C10H18F4O3S.C5H5N/c11-9(18(15,16)17)7-5-3-1-2-4-6-8-10(12,13)14;1-2-4-6-5-3-1/h9H,1-8H2,(H,15,16,17);1-5H. The smallest absolute Gasteiger partial charge is 0.389 e. The molecule has 1 unspecified atom stereocenters. The fourth-order valence-electron chi connectivity index (χ4n) is 1.82. The van der Waals surface area contributed by atoms with Crippen LogP contribution in [0.1, 0.15) is 51.4 Å². The maximum absolute atomic E-state index is 12.6. The van der Waals surface area contributed by atoms with Gasteiger partial charge in [0.1, 0.15) is 10.1 Å². The summed E-state index contributed by atoms with van der Waals surface area (Å²) in [6, 6.07) is 5.86. The number of H-pyrrole nitrogens is 1. The fourth-order valence-corrected chi connectivity index (χ4v) is 2.28. The SMILES string of the molecule is O=S(=O)([O-])C(F)CCCCCCCCC(F)(F)F.c1cc[nH+]cc1. The molecule has 1 N–H and O–H groups in total. The topological polar surface area (TPSA) is 71.3 Å². The third kappa shape index (κ3) is 15.7. The Morgan fingerprint density at radius 1 is 0.917 bits per heavy atom. The fraction of sp³-hybridized carbons (Fsp3) is 0.667. The second-order valence-corrected chi connectivity index (χ2v) is 6.75. The maximum atomic E-state index is 12.6. The Labute approximate surface area is 140 Å². The second-order valence-electron chi connectivity index (χ2n) is 5.26. The Kier molecular flexibility index (Phi) is 11.6. The zero-order chi connectivity index (χ0) is 18.5. The Hall–Kier alpha value is -1.22.